The highest BCUT2D eigenvalue weighted by atomic mass is 35.5. The van der Waals surface area contributed by atoms with Crippen LogP contribution in [0.5, 0.6) is 0 Å². The number of anilines is 1. The zero-order chi connectivity index (χ0) is 11.4. The first kappa shape index (κ1) is 11.7. The van der Waals surface area contributed by atoms with Crippen molar-refractivity contribution in [3.63, 3.8) is 0 Å². The highest BCUT2D eigenvalue weighted by Gasteiger charge is 2.12. The summed E-state index contributed by atoms with van der Waals surface area (Å²) in [6.07, 6.45) is 2.44. The van der Waals surface area contributed by atoms with Gasteiger partial charge in [0, 0.05) is 17.3 Å². The lowest BCUT2D eigenvalue weighted by Crippen LogP contribution is -2.33. The SMILES string of the molecule is Fc1cc(Cl)cc(NCC2CCCNC2)c1. The fraction of sp³-hybridized carbons (Fsp3) is 0.500. The van der Waals surface area contributed by atoms with E-state index in [4.69, 9.17) is 11.6 Å². The molecule has 1 unspecified atom stereocenters. The summed E-state index contributed by atoms with van der Waals surface area (Å²) in [4.78, 5) is 0. The summed E-state index contributed by atoms with van der Waals surface area (Å²) in [5, 5.41) is 7.02. The van der Waals surface area contributed by atoms with Crippen LogP contribution in [0, 0.1) is 11.7 Å². The lowest BCUT2D eigenvalue weighted by molar-refractivity contribution is 0.393. The normalized spacial score (nSPS) is 20.8. The Balaban J connectivity index is 1.88. The Morgan fingerprint density at radius 2 is 2.31 bits per heavy atom. The fourth-order valence-corrected chi connectivity index (χ4v) is 2.24. The molecule has 1 aliphatic heterocycles. The van der Waals surface area contributed by atoms with E-state index in [1.165, 1.54) is 25.0 Å². The van der Waals surface area contributed by atoms with Crippen LogP contribution in [-0.4, -0.2) is 19.6 Å². The molecule has 1 aromatic rings. The Morgan fingerprint density at radius 3 is 3.00 bits per heavy atom. The summed E-state index contributed by atoms with van der Waals surface area (Å²) in [7, 11) is 0. The zero-order valence-electron chi connectivity index (χ0n) is 9.10. The molecule has 2 rings (SSSR count). The van der Waals surface area contributed by atoms with E-state index in [9.17, 15) is 4.39 Å². The molecule has 0 spiro atoms. The maximum atomic E-state index is 13.1. The highest BCUT2D eigenvalue weighted by Crippen LogP contribution is 2.19. The van der Waals surface area contributed by atoms with Crippen LogP contribution in [0.15, 0.2) is 18.2 Å². The molecular weight excluding hydrogens is 227 g/mol. The van der Waals surface area contributed by atoms with E-state index < -0.39 is 0 Å². The van der Waals surface area contributed by atoms with Crippen molar-refractivity contribution in [1.82, 2.24) is 5.32 Å². The van der Waals surface area contributed by atoms with Crippen LogP contribution < -0.4 is 10.6 Å². The van der Waals surface area contributed by atoms with E-state index in [0.717, 1.165) is 25.3 Å². The Hall–Kier alpha value is -0.800. The minimum Gasteiger partial charge on any atom is -0.385 e. The Labute approximate surface area is 100 Å². The second-order valence-corrected chi connectivity index (χ2v) is 4.69. The topological polar surface area (TPSA) is 24.1 Å². The van der Waals surface area contributed by atoms with Crippen LogP contribution in [0.1, 0.15) is 12.8 Å². The average molecular weight is 243 g/mol. The van der Waals surface area contributed by atoms with E-state index in [1.807, 2.05) is 0 Å². The van der Waals surface area contributed by atoms with Crippen molar-refractivity contribution < 1.29 is 4.39 Å². The molecular formula is C12H16ClFN2. The summed E-state index contributed by atoms with van der Waals surface area (Å²) in [6.45, 7) is 3.02. The van der Waals surface area contributed by atoms with Gasteiger partial charge in [-0.25, -0.2) is 4.39 Å². The van der Waals surface area contributed by atoms with Gasteiger partial charge in [0.15, 0.2) is 0 Å². The second kappa shape index (κ2) is 5.51. The molecule has 1 atom stereocenters. The van der Waals surface area contributed by atoms with Gasteiger partial charge in [0.25, 0.3) is 0 Å². The van der Waals surface area contributed by atoms with E-state index in [1.54, 1.807) is 6.07 Å². The van der Waals surface area contributed by atoms with Gasteiger partial charge in [-0.1, -0.05) is 11.6 Å². The van der Waals surface area contributed by atoms with Gasteiger partial charge in [0.05, 0.1) is 0 Å². The van der Waals surface area contributed by atoms with Crippen LogP contribution in [0.4, 0.5) is 10.1 Å². The molecule has 0 aliphatic carbocycles. The van der Waals surface area contributed by atoms with Gasteiger partial charge < -0.3 is 10.6 Å². The summed E-state index contributed by atoms with van der Waals surface area (Å²) in [5.74, 6) is 0.326. The number of piperidine rings is 1. The second-order valence-electron chi connectivity index (χ2n) is 4.25. The van der Waals surface area contributed by atoms with Crippen molar-refractivity contribution in [3.05, 3.63) is 29.0 Å². The van der Waals surface area contributed by atoms with Gasteiger partial charge in [-0.15, -0.1) is 0 Å². The lowest BCUT2D eigenvalue weighted by atomic mass is 10.00. The lowest BCUT2D eigenvalue weighted by Gasteiger charge is -2.23. The third-order valence-corrected chi connectivity index (χ3v) is 3.07. The molecule has 16 heavy (non-hydrogen) atoms. The van der Waals surface area contributed by atoms with Gasteiger partial charge in [-0.05, 0) is 50.0 Å². The van der Waals surface area contributed by atoms with Gasteiger partial charge in [0.1, 0.15) is 5.82 Å². The first-order chi connectivity index (χ1) is 7.74. The molecule has 0 radical (unpaired) electrons. The van der Waals surface area contributed by atoms with Gasteiger partial charge in [0.2, 0.25) is 0 Å². The van der Waals surface area contributed by atoms with Crippen LogP contribution in [0.25, 0.3) is 0 Å². The van der Waals surface area contributed by atoms with Crippen molar-refractivity contribution >= 4 is 17.3 Å². The minimum atomic E-state index is -0.295. The number of benzene rings is 1. The molecule has 1 heterocycles. The third kappa shape index (κ3) is 3.35. The molecule has 1 aliphatic rings. The quantitative estimate of drug-likeness (QED) is 0.852. The first-order valence-corrected chi connectivity index (χ1v) is 6.02. The first-order valence-electron chi connectivity index (χ1n) is 5.65. The number of nitrogens with one attached hydrogen (secondary N) is 2. The maximum absolute atomic E-state index is 13.1. The monoisotopic (exact) mass is 242 g/mol. The van der Waals surface area contributed by atoms with Crippen LogP contribution in [0.2, 0.25) is 5.02 Å². The Kier molecular flexibility index (Phi) is 4.02. The zero-order valence-corrected chi connectivity index (χ0v) is 9.86. The molecule has 4 heteroatoms. The molecule has 1 saturated heterocycles. The Bertz CT molecular complexity index is 331. The molecule has 2 nitrogen and oxygen atoms in total. The molecule has 0 aromatic heterocycles. The molecule has 0 saturated carbocycles. The van der Waals surface area contributed by atoms with Gasteiger partial charge in [-0.3, -0.25) is 0 Å². The van der Waals surface area contributed by atoms with Crippen LogP contribution in [-0.2, 0) is 0 Å². The largest absolute Gasteiger partial charge is 0.385 e. The summed E-state index contributed by atoms with van der Waals surface area (Å²) in [6, 6.07) is 4.54. The Morgan fingerprint density at radius 1 is 1.44 bits per heavy atom. The standard InChI is InChI=1S/C12H16ClFN2/c13-10-4-11(14)6-12(5-10)16-8-9-2-1-3-15-7-9/h4-6,9,15-16H,1-3,7-8H2. The predicted octanol–water partition coefficient (Wildman–Crippen LogP) is 2.89. The predicted molar refractivity (Wildman–Crippen MR) is 65.5 cm³/mol. The minimum absolute atomic E-state index is 0.295. The molecule has 0 bridgehead atoms. The van der Waals surface area contributed by atoms with Crippen LogP contribution in [0.3, 0.4) is 0 Å². The van der Waals surface area contributed by atoms with E-state index in [-0.39, 0.29) is 5.82 Å². The average Bonchev–Trinajstić information content (AvgIpc) is 2.27. The summed E-state index contributed by atoms with van der Waals surface area (Å²) in [5.41, 5.74) is 0.760. The molecule has 0 amide bonds. The fourth-order valence-electron chi connectivity index (χ4n) is 2.02. The molecule has 88 valence electrons. The number of halogens is 2. The van der Waals surface area contributed by atoms with E-state index >= 15 is 0 Å². The van der Waals surface area contributed by atoms with Crippen molar-refractivity contribution in [2.45, 2.75) is 12.8 Å². The molecule has 1 aromatic carbocycles. The summed E-state index contributed by atoms with van der Waals surface area (Å²) >= 11 is 5.78. The van der Waals surface area contributed by atoms with Crippen LogP contribution >= 0.6 is 11.6 Å². The van der Waals surface area contributed by atoms with Crippen molar-refractivity contribution in [1.29, 1.82) is 0 Å². The molecule has 2 N–H and O–H groups in total. The van der Waals surface area contributed by atoms with Crippen molar-refractivity contribution in [2.75, 3.05) is 25.0 Å². The number of hydrogen-bond donors (Lipinski definition) is 2. The maximum Gasteiger partial charge on any atom is 0.126 e. The number of hydrogen-bond acceptors (Lipinski definition) is 2. The van der Waals surface area contributed by atoms with Gasteiger partial charge in [-0.2, -0.15) is 0 Å². The molecule has 1 fully saturated rings. The van der Waals surface area contributed by atoms with Crippen molar-refractivity contribution in [3.8, 4) is 0 Å². The summed E-state index contributed by atoms with van der Waals surface area (Å²) < 4.78 is 13.1. The number of rotatable bonds is 3. The van der Waals surface area contributed by atoms with E-state index in [0.29, 0.717) is 10.9 Å². The highest BCUT2D eigenvalue weighted by molar-refractivity contribution is 6.30. The van der Waals surface area contributed by atoms with Gasteiger partial charge >= 0.3 is 0 Å². The third-order valence-electron chi connectivity index (χ3n) is 2.86. The van der Waals surface area contributed by atoms with Crippen molar-refractivity contribution in [2.24, 2.45) is 5.92 Å². The smallest absolute Gasteiger partial charge is 0.126 e. The van der Waals surface area contributed by atoms with E-state index in [2.05, 4.69) is 10.6 Å².